The molecule has 1 aromatic heterocycles. The fourth-order valence-electron chi connectivity index (χ4n) is 4.48. The first-order valence-corrected chi connectivity index (χ1v) is 9.53. The molecule has 0 aliphatic carbocycles. The molecule has 7 heteroatoms. The lowest BCUT2D eigenvalue weighted by molar-refractivity contribution is -0.144. The third-order valence-electron chi connectivity index (χ3n) is 6.03. The highest BCUT2D eigenvalue weighted by molar-refractivity contribution is 5.86. The third kappa shape index (κ3) is 3.05. The van der Waals surface area contributed by atoms with E-state index < -0.39 is 11.2 Å². The van der Waals surface area contributed by atoms with E-state index in [1.807, 2.05) is 26.1 Å². The topological polar surface area (TPSA) is 75.8 Å². The maximum absolute atomic E-state index is 12.7. The second-order valence-electron chi connectivity index (χ2n) is 7.92. The van der Waals surface area contributed by atoms with Crippen molar-refractivity contribution in [3.63, 3.8) is 0 Å². The number of aromatic nitrogens is 1. The lowest BCUT2D eigenvalue weighted by Gasteiger charge is -2.37. The monoisotopic (exact) mass is 371 g/mol. The van der Waals surface area contributed by atoms with Crippen molar-refractivity contribution in [2.75, 3.05) is 26.7 Å². The molecule has 4 rings (SSSR count). The van der Waals surface area contributed by atoms with E-state index in [0.29, 0.717) is 18.7 Å². The number of piperidine rings is 1. The fraction of sp³-hybridized carbons (Fsp3) is 0.550. The van der Waals surface area contributed by atoms with Crippen LogP contribution in [0.15, 0.2) is 27.4 Å². The summed E-state index contributed by atoms with van der Waals surface area (Å²) in [6, 6.07) is 5.56. The summed E-state index contributed by atoms with van der Waals surface area (Å²) in [5, 5.41) is 0. The minimum atomic E-state index is -0.439. The maximum Gasteiger partial charge on any atom is 0.419 e. The first kappa shape index (κ1) is 17.8. The molecule has 2 saturated heterocycles. The van der Waals surface area contributed by atoms with E-state index in [-0.39, 0.29) is 24.8 Å². The molecule has 2 amide bonds. The van der Waals surface area contributed by atoms with Crippen molar-refractivity contribution < 1.29 is 14.0 Å². The molecule has 7 nitrogen and oxygen atoms in total. The Hall–Kier alpha value is -2.57. The van der Waals surface area contributed by atoms with Crippen LogP contribution in [0, 0.1) is 12.3 Å². The molecule has 0 unspecified atom stereocenters. The van der Waals surface area contributed by atoms with Crippen LogP contribution in [0.25, 0.3) is 11.1 Å². The van der Waals surface area contributed by atoms with E-state index in [4.69, 9.17) is 4.42 Å². The highest BCUT2D eigenvalue weighted by Crippen LogP contribution is 2.39. The smallest absolute Gasteiger partial charge is 0.408 e. The molecule has 2 aromatic rings. The number of benzene rings is 1. The van der Waals surface area contributed by atoms with E-state index in [2.05, 4.69) is 0 Å². The lowest BCUT2D eigenvalue weighted by atomic mass is 9.78. The van der Waals surface area contributed by atoms with E-state index in [0.717, 1.165) is 36.9 Å². The molecule has 2 aliphatic heterocycles. The summed E-state index contributed by atoms with van der Waals surface area (Å²) in [4.78, 5) is 41.0. The van der Waals surface area contributed by atoms with Gasteiger partial charge in [-0.15, -0.1) is 0 Å². The van der Waals surface area contributed by atoms with Crippen molar-refractivity contribution in [2.24, 2.45) is 5.41 Å². The molecule has 0 saturated carbocycles. The second kappa shape index (κ2) is 6.55. The van der Waals surface area contributed by atoms with E-state index in [1.165, 1.54) is 4.57 Å². The van der Waals surface area contributed by atoms with Crippen LogP contribution in [-0.4, -0.2) is 52.9 Å². The van der Waals surface area contributed by atoms with Crippen LogP contribution in [0.1, 0.15) is 31.2 Å². The molecule has 27 heavy (non-hydrogen) atoms. The van der Waals surface area contributed by atoms with Gasteiger partial charge in [-0.05, 0) is 43.9 Å². The van der Waals surface area contributed by atoms with Crippen LogP contribution >= 0.6 is 0 Å². The molecule has 0 radical (unpaired) electrons. The first-order valence-electron chi connectivity index (χ1n) is 9.53. The number of likely N-dealkylation sites (tertiary alicyclic amines) is 2. The van der Waals surface area contributed by atoms with Gasteiger partial charge in [0.25, 0.3) is 0 Å². The Morgan fingerprint density at radius 1 is 1.22 bits per heavy atom. The molecule has 2 fully saturated rings. The molecular formula is C20H25N3O4. The normalized spacial score (nSPS) is 23.0. The number of nitrogens with zero attached hydrogens (tertiary/aromatic N) is 3. The van der Waals surface area contributed by atoms with Gasteiger partial charge in [-0.1, -0.05) is 6.07 Å². The third-order valence-corrected chi connectivity index (χ3v) is 6.03. The summed E-state index contributed by atoms with van der Waals surface area (Å²) in [6.45, 7) is 4.14. The van der Waals surface area contributed by atoms with Crippen LogP contribution in [0.5, 0.6) is 0 Å². The van der Waals surface area contributed by atoms with Crippen molar-refractivity contribution in [1.29, 1.82) is 0 Å². The predicted molar refractivity (Wildman–Crippen MR) is 100 cm³/mol. The lowest BCUT2D eigenvalue weighted by Crippen LogP contribution is -2.48. The number of amides is 2. The van der Waals surface area contributed by atoms with Gasteiger partial charge in [0.2, 0.25) is 11.8 Å². The van der Waals surface area contributed by atoms with Crippen LogP contribution in [-0.2, 0) is 16.1 Å². The van der Waals surface area contributed by atoms with Gasteiger partial charge in [0.15, 0.2) is 5.58 Å². The van der Waals surface area contributed by atoms with Crippen LogP contribution in [0.3, 0.4) is 0 Å². The van der Waals surface area contributed by atoms with E-state index >= 15 is 0 Å². The summed E-state index contributed by atoms with van der Waals surface area (Å²) in [6.07, 6.45) is 2.80. The molecule has 1 spiro atoms. The molecule has 1 atom stereocenters. The number of carbonyl (C=O) groups is 2. The van der Waals surface area contributed by atoms with Gasteiger partial charge in [-0.25, -0.2) is 4.79 Å². The van der Waals surface area contributed by atoms with Gasteiger partial charge >= 0.3 is 5.76 Å². The average Bonchev–Trinajstić information content (AvgIpc) is 3.19. The van der Waals surface area contributed by atoms with Crippen LogP contribution in [0.2, 0.25) is 0 Å². The van der Waals surface area contributed by atoms with Gasteiger partial charge < -0.3 is 14.2 Å². The largest absolute Gasteiger partial charge is 0.419 e. The van der Waals surface area contributed by atoms with Crippen molar-refractivity contribution in [3.05, 3.63) is 34.3 Å². The quantitative estimate of drug-likeness (QED) is 0.824. The zero-order chi connectivity index (χ0) is 19.2. The predicted octanol–water partition coefficient (Wildman–Crippen LogP) is 1.76. The molecular weight excluding hydrogens is 346 g/mol. The van der Waals surface area contributed by atoms with Crippen molar-refractivity contribution in [1.82, 2.24) is 14.4 Å². The van der Waals surface area contributed by atoms with E-state index in [1.54, 1.807) is 15.9 Å². The van der Waals surface area contributed by atoms with Gasteiger partial charge in [0.1, 0.15) is 0 Å². The van der Waals surface area contributed by atoms with Crippen LogP contribution < -0.4 is 5.76 Å². The van der Waals surface area contributed by atoms with Gasteiger partial charge in [0, 0.05) is 39.6 Å². The number of aryl methyl sites for hydroxylation is 2. The fourth-order valence-corrected chi connectivity index (χ4v) is 4.48. The van der Waals surface area contributed by atoms with Crippen molar-refractivity contribution >= 4 is 22.9 Å². The number of hydrogen-bond donors (Lipinski definition) is 0. The standard InChI is InChI=1S/C20H25N3O4/c1-14-4-5-16-15(12-14)23(19(26)27-16)10-6-17(24)22-11-8-20(13-22)7-3-9-21(2)18(20)25/h4-5,12H,3,6-11,13H2,1-2H3/t20-/m0/s1. The maximum atomic E-state index is 12.7. The molecule has 3 heterocycles. The average molecular weight is 371 g/mol. The molecule has 144 valence electrons. The Morgan fingerprint density at radius 3 is 2.85 bits per heavy atom. The Bertz CT molecular complexity index is 960. The summed E-state index contributed by atoms with van der Waals surface area (Å²) >= 11 is 0. The Labute approximate surface area is 157 Å². The number of fused-ring (bicyclic) bond motifs is 1. The zero-order valence-electron chi connectivity index (χ0n) is 15.9. The summed E-state index contributed by atoms with van der Waals surface area (Å²) < 4.78 is 6.78. The summed E-state index contributed by atoms with van der Waals surface area (Å²) in [5.74, 6) is -0.288. The highest BCUT2D eigenvalue weighted by Gasteiger charge is 2.48. The number of oxazole rings is 1. The van der Waals surface area contributed by atoms with Gasteiger partial charge in [-0.3, -0.25) is 14.2 Å². The SMILES string of the molecule is Cc1ccc2oc(=O)n(CCC(=O)N3CC[C@@]4(CCCN(C)C4=O)C3)c2c1. The van der Waals surface area contributed by atoms with E-state index in [9.17, 15) is 14.4 Å². The van der Waals surface area contributed by atoms with Crippen molar-refractivity contribution in [2.45, 2.75) is 39.2 Å². The first-order chi connectivity index (χ1) is 12.9. The molecule has 1 aromatic carbocycles. The van der Waals surface area contributed by atoms with Crippen LogP contribution in [0.4, 0.5) is 0 Å². The minimum Gasteiger partial charge on any atom is -0.408 e. The Kier molecular flexibility index (Phi) is 4.32. The zero-order valence-corrected chi connectivity index (χ0v) is 15.9. The number of carbonyl (C=O) groups excluding carboxylic acids is 2. The summed E-state index contributed by atoms with van der Waals surface area (Å²) in [7, 11) is 1.84. The second-order valence-corrected chi connectivity index (χ2v) is 7.92. The minimum absolute atomic E-state index is 0.0122. The number of rotatable bonds is 3. The Morgan fingerprint density at radius 2 is 2.04 bits per heavy atom. The molecule has 2 aliphatic rings. The molecule has 0 N–H and O–H groups in total. The molecule has 0 bridgehead atoms. The van der Waals surface area contributed by atoms with Crippen molar-refractivity contribution in [3.8, 4) is 0 Å². The number of hydrogen-bond acceptors (Lipinski definition) is 4. The van der Waals surface area contributed by atoms with Gasteiger partial charge in [0.05, 0.1) is 10.9 Å². The summed E-state index contributed by atoms with van der Waals surface area (Å²) in [5.41, 5.74) is 1.88. The van der Waals surface area contributed by atoms with Gasteiger partial charge in [-0.2, -0.15) is 0 Å². The Balaban J connectivity index is 1.45. The highest BCUT2D eigenvalue weighted by atomic mass is 16.4.